The number of nitrogens with two attached hydrogens (primary N) is 1. The normalized spacial score (nSPS) is 13.3. The molecule has 2 aromatic rings. The topological polar surface area (TPSA) is 26.0 Å². The van der Waals surface area contributed by atoms with Crippen LogP contribution < -0.4 is 5.73 Å². The van der Waals surface area contributed by atoms with Crippen LogP contribution in [-0.4, -0.2) is 0 Å². The second-order valence-electron chi connectivity index (χ2n) is 4.73. The van der Waals surface area contributed by atoms with Crippen LogP contribution in [0.1, 0.15) is 28.3 Å². The van der Waals surface area contributed by atoms with Gasteiger partial charge in [0.15, 0.2) is 0 Å². The van der Waals surface area contributed by atoms with Gasteiger partial charge in [-0.2, -0.15) is 26.3 Å². The van der Waals surface area contributed by atoms with Gasteiger partial charge >= 0.3 is 12.4 Å². The minimum atomic E-state index is -4.88. The van der Waals surface area contributed by atoms with E-state index in [2.05, 4.69) is 0 Å². The predicted octanol–water partition coefficient (Wildman–Crippen LogP) is 5.19. The SMILES string of the molecule is Cl.NC(c1ccccc1)c1cc(C(F)(F)F)cc(C(F)(F)F)c1. The van der Waals surface area contributed by atoms with Gasteiger partial charge in [-0.25, -0.2) is 0 Å². The van der Waals surface area contributed by atoms with Crippen LogP contribution in [0.5, 0.6) is 0 Å². The molecule has 1 unspecified atom stereocenters. The third kappa shape index (κ3) is 4.62. The molecule has 1 nitrogen and oxygen atoms in total. The number of alkyl halides is 6. The highest BCUT2D eigenvalue weighted by molar-refractivity contribution is 5.85. The molecule has 2 aromatic carbocycles. The molecular formula is C15H12ClF6N. The van der Waals surface area contributed by atoms with E-state index in [1.54, 1.807) is 18.2 Å². The highest BCUT2D eigenvalue weighted by atomic mass is 35.5. The maximum atomic E-state index is 12.8. The van der Waals surface area contributed by atoms with Crippen molar-refractivity contribution in [3.63, 3.8) is 0 Å². The van der Waals surface area contributed by atoms with Crippen LogP contribution in [0.2, 0.25) is 0 Å². The first-order valence-corrected chi connectivity index (χ1v) is 6.19. The molecule has 126 valence electrons. The Morgan fingerprint density at radius 2 is 1.13 bits per heavy atom. The van der Waals surface area contributed by atoms with Gasteiger partial charge in [-0.15, -0.1) is 12.4 Å². The average molecular weight is 356 g/mol. The van der Waals surface area contributed by atoms with Crippen LogP contribution in [0, 0.1) is 0 Å². The van der Waals surface area contributed by atoms with E-state index in [9.17, 15) is 26.3 Å². The zero-order chi connectivity index (χ0) is 16.5. The molecule has 0 radical (unpaired) electrons. The summed E-state index contributed by atoms with van der Waals surface area (Å²) in [6.07, 6.45) is -9.77. The summed E-state index contributed by atoms with van der Waals surface area (Å²) >= 11 is 0. The molecule has 2 rings (SSSR count). The lowest BCUT2D eigenvalue weighted by molar-refractivity contribution is -0.143. The van der Waals surface area contributed by atoms with Crippen LogP contribution in [0.4, 0.5) is 26.3 Å². The van der Waals surface area contributed by atoms with E-state index in [4.69, 9.17) is 5.73 Å². The molecule has 0 aliphatic heterocycles. The van der Waals surface area contributed by atoms with E-state index in [0.29, 0.717) is 17.7 Å². The molecule has 0 aromatic heterocycles. The van der Waals surface area contributed by atoms with Gasteiger partial charge in [0.25, 0.3) is 0 Å². The van der Waals surface area contributed by atoms with Gasteiger partial charge in [-0.05, 0) is 29.3 Å². The molecule has 0 saturated heterocycles. The Morgan fingerprint density at radius 3 is 1.52 bits per heavy atom. The van der Waals surface area contributed by atoms with Gasteiger partial charge in [0.2, 0.25) is 0 Å². The van der Waals surface area contributed by atoms with Crippen molar-refractivity contribution < 1.29 is 26.3 Å². The van der Waals surface area contributed by atoms with Crippen molar-refractivity contribution in [3.8, 4) is 0 Å². The van der Waals surface area contributed by atoms with Gasteiger partial charge in [0, 0.05) is 0 Å². The largest absolute Gasteiger partial charge is 0.416 e. The van der Waals surface area contributed by atoms with Gasteiger partial charge in [0.05, 0.1) is 17.2 Å². The lowest BCUT2D eigenvalue weighted by atomic mass is 9.95. The van der Waals surface area contributed by atoms with E-state index in [-0.39, 0.29) is 24.0 Å². The van der Waals surface area contributed by atoms with Crippen molar-refractivity contribution >= 4 is 12.4 Å². The van der Waals surface area contributed by atoms with E-state index < -0.39 is 29.5 Å². The molecule has 0 saturated carbocycles. The molecule has 0 aliphatic carbocycles. The lowest BCUT2D eigenvalue weighted by Gasteiger charge is -2.18. The molecule has 0 heterocycles. The summed E-state index contributed by atoms with van der Waals surface area (Å²) in [5.41, 5.74) is 3.25. The summed E-state index contributed by atoms with van der Waals surface area (Å²) < 4.78 is 76.8. The van der Waals surface area contributed by atoms with E-state index in [1.165, 1.54) is 12.1 Å². The predicted molar refractivity (Wildman–Crippen MR) is 76.2 cm³/mol. The van der Waals surface area contributed by atoms with Gasteiger partial charge in [0.1, 0.15) is 0 Å². The van der Waals surface area contributed by atoms with Crippen molar-refractivity contribution in [2.45, 2.75) is 18.4 Å². The fraction of sp³-hybridized carbons (Fsp3) is 0.200. The van der Waals surface area contributed by atoms with E-state index in [0.717, 1.165) is 0 Å². The highest BCUT2D eigenvalue weighted by Gasteiger charge is 2.37. The summed E-state index contributed by atoms with van der Waals surface area (Å²) in [6, 6.07) is 8.26. The Hall–Kier alpha value is -1.73. The number of halogens is 7. The first-order chi connectivity index (χ1) is 10.1. The number of hydrogen-bond acceptors (Lipinski definition) is 1. The average Bonchev–Trinajstić information content (AvgIpc) is 2.45. The Kier molecular flexibility index (Phi) is 5.71. The van der Waals surface area contributed by atoms with E-state index in [1.807, 2.05) is 0 Å². The van der Waals surface area contributed by atoms with E-state index >= 15 is 0 Å². The summed E-state index contributed by atoms with van der Waals surface area (Å²) in [6.45, 7) is 0. The van der Waals surface area contributed by atoms with Crippen molar-refractivity contribution in [2.24, 2.45) is 5.73 Å². The van der Waals surface area contributed by atoms with Gasteiger partial charge < -0.3 is 5.73 Å². The lowest BCUT2D eigenvalue weighted by Crippen LogP contribution is -2.17. The van der Waals surface area contributed by atoms with Crippen LogP contribution in [0.25, 0.3) is 0 Å². The summed E-state index contributed by atoms with van der Waals surface area (Å²) in [7, 11) is 0. The molecule has 23 heavy (non-hydrogen) atoms. The molecule has 8 heteroatoms. The smallest absolute Gasteiger partial charge is 0.320 e. The number of benzene rings is 2. The molecule has 0 spiro atoms. The van der Waals surface area contributed by atoms with Gasteiger partial charge in [-0.3, -0.25) is 0 Å². The minimum absolute atomic E-state index is 0. The minimum Gasteiger partial charge on any atom is -0.320 e. The first kappa shape index (κ1) is 19.3. The third-order valence-electron chi connectivity index (χ3n) is 3.13. The second kappa shape index (κ2) is 6.80. The Bertz CT molecular complexity index is 619. The molecule has 2 N–H and O–H groups in total. The van der Waals surface area contributed by atoms with Gasteiger partial charge in [-0.1, -0.05) is 30.3 Å². The quantitative estimate of drug-likeness (QED) is 0.737. The Morgan fingerprint density at radius 1 is 0.696 bits per heavy atom. The molecule has 0 fully saturated rings. The van der Waals surface area contributed by atoms with Crippen LogP contribution in [0.3, 0.4) is 0 Å². The molecule has 1 atom stereocenters. The summed E-state index contributed by atoms with van der Waals surface area (Å²) in [5, 5.41) is 0. The zero-order valence-corrected chi connectivity index (χ0v) is 12.3. The Labute approximate surface area is 134 Å². The van der Waals surface area contributed by atoms with Crippen LogP contribution in [0.15, 0.2) is 48.5 Å². The maximum absolute atomic E-state index is 12.8. The number of rotatable bonds is 2. The summed E-state index contributed by atoms with van der Waals surface area (Å²) in [5.74, 6) is 0. The Balaban J connectivity index is 0.00000264. The highest BCUT2D eigenvalue weighted by Crippen LogP contribution is 2.37. The van der Waals surface area contributed by atoms with Crippen molar-refractivity contribution in [2.75, 3.05) is 0 Å². The fourth-order valence-corrected chi connectivity index (χ4v) is 2.01. The standard InChI is InChI=1S/C15H11F6N.ClH/c16-14(17,18)11-6-10(7-12(8-11)15(19,20)21)13(22)9-4-2-1-3-5-9;/h1-8,13H,22H2;1H. The summed E-state index contributed by atoms with van der Waals surface area (Å²) in [4.78, 5) is 0. The van der Waals surface area contributed by atoms with Crippen molar-refractivity contribution in [1.82, 2.24) is 0 Å². The molecule has 0 bridgehead atoms. The molecule has 0 amide bonds. The number of hydrogen-bond donors (Lipinski definition) is 1. The van der Waals surface area contributed by atoms with Crippen LogP contribution >= 0.6 is 12.4 Å². The fourth-order valence-electron chi connectivity index (χ4n) is 2.01. The van der Waals surface area contributed by atoms with Crippen molar-refractivity contribution in [1.29, 1.82) is 0 Å². The molecule has 0 aliphatic rings. The third-order valence-corrected chi connectivity index (χ3v) is 3.13. The second-order valence-corrected chi connectivity index (χ2v) is 4.73. The monoisotopic (exact) mass is 355 g/mol. The maximum Gasteiger partial charge on any atom is 0.416 e. The van der Waals surface area contributed by atoms with Crippen molar-refractivity contribution in [3.05, 3.63) is 70.8 Å². The zero-order valence-electron chi connectivity index (χ0n) is 11.4. The first-order valence-electron chi connectivity index (χ1n) is 6.19. The van der Waals surface area contributed by atoms with Crippen LogP contribution in [-0.2, 0) is 12.4 Å². The molecular weight excluding hydrogens is 344 g/mol.